The van der Waals surface area contributed by atoms with Gasteiger partial charge in [0.1, 0.15) is 17.9 Å². The van der Waals surface area contributed by atoms with Crippen LogP contribution in [0.3, 0.4) is 0 Å². The lowest BCUT2D eigenvalue weighted by Gasteiger charge is -2.23. The van der Waals surface area contributed by atoms with Crippen LogP contribution in [0, 0.1) is 10.1 Å². The smallest absolute Gasteiger partial charge is 0.307 e. The molecule has 0 aliphatic heterocycles. The molecule has 0 radical (unpaired) electrons. The predicted octanol–water partition coefficient (Wildman–Crippen LogP) is 1.34. The van der Waals surface area contributed by atoms with Gasteiger partial charge in [-0.15, -0.1) is 0 Å². The van der Waals surface area contributed by atoms with E-state index < -0.39 is 10.5 Å². The Hall–Kier alpha value is -2.23. The summed E-state index contributed by atoms with van der Waals surface area (Å²) in [6.45, 7) is 3.55. The summed E-state index contributed by atoms with van der Waals surface area (Å²) < 4.78 is 3.72. The molecule has 0 aliphatic carbocycles. The van der Waals surface area contributed by atoms with Gasteiger partial charge in [0.15, 0.2) is 0 Å². The molecule has 0 fully saturated rings. The maximum absolute atomic E-state index is 12.4. The molecule has 2 aromatic heterocycles. The highest BCUT2D eigenvalue weighted by molar-refractivity contribution is 9.10. The van der Waals surface area contributed by atoms with Crippen molar-refractivity contribution in [2.75, 3.05) is 0 Å². The van der Waals surface area contributed by atoms with Crippen molar-refractivity contribution >= 4 is 27.5 Å². The molecule has 0 unspecified atom stereocenters. The average molecular weight is 371 g/mol. The number of nitrogens with zero attached hydrogens (tertiary/aromatic N) is 5. The van der Waals surface area contributed by atoms with Crippen molar-refractivity contribution < 1.29 is 9.72 Å². The lowest BCUT2D eigenvalue weighted by atomic mass is 10.1. The van der Waals surface area contributed by atoms with E-state index >= 15 is 0 Å². The number of carbonyl (C=O) groups excluding carboxylic acids is 1. The zero-order chi connectivity index (χ0) is 16.5. The van der Waals surface area contributed by atoms with Crippen molar-refractivity contribution in [1.82, 2.24) is 24.9 Å². The molecule has 0 atom stereocenters. The Labute approximate surface area is 134 Å². The van der Waals surface area contributed by atoms with Crippen molar-refractivity contribution in [3.05, 3.63) is 38.9 Å². The Bertz CT molecular complexity index is 701. The van der Waals surface area contributed by atoms with E-state index in [9.17, 15) is 14.9 Å². The summed E-state index contributed by atoms with van der Waals surface area (Å²) in [7, 11) is 1.77. The molecule has 0 saturated carbocycles. The Kier molecular flexibility index (Phi) is 4.31. The standard InChI is InChI=1S/C12H15BrN6O3/c1-12(2,18-7-8(4-16-18)19(21)22)11(20)14-6-10-9(13)5-15-17(10)3/h4-5,7H,6H2,1-3H3,(H,14,20). The second-order valence-electron chi connectivity index (χ2n) is 5.20. The third kappa shape index (κ3) is 3.01. The molecule has 0 spiro atoms. The first-order valence-corrected chi connectivity index (χ1v) is 7.17. The van der Waals surface area contributed by atoms with Crippen LogP contribution in [0.5, 0.6) is 0 Å². The largest absolute Gasteiger partial charge is 0.348 e. The topological polar surface area (TPSA) is 108 Å². The van der Waals surface area contributed by atoms with Crippen LogP contribution in [0.2, 0.25) is 0 Å². The number of carbonyl (C=O) groups is 1. The molecule has 1 N–H and O–H groups in total. The van der Waals surface area contributed by atoms with E-state index in [1.807, 2.05) is 0 Å². The van der Waals surface area contributed by atoms with Gasteiger partial charge >= 0.3 is 5.69 Å². The number of hydrogen-bond acceptors (Lipinski definition) is 5. The van der Waals surface area contributed by atoms with Crippen molar-refractivity contribution in [1.29, 1.82) is 0 Å². The fourth-order valence-electron chi connectivity index (χ4n) is 1.83. The third-order valence-electron chi connectivity index (χ3n) is 3.34. The van der Waals surface area contributed by atoms with Crippen LogP contribution in [0.25, 0.3) is 0 Å². The van der Waals surface area contributed by atoms with Crippen LogP contribution in [-0.4, -0.2) is 30.4 Å². The van der Waals surface area contributed by atoms with Gasteiger partial charge in [0.05, 0.1) is 27.8 Å². The van der Waals surface area contributed by atoms with Gasteiger partial charge < -0.3 is 5.32 Å². The Morgan fingerprint density at radius 2 is 2.14 bits per heavy atom. The highest BCUT2D eigenvalue weighted by Crippen LogP contribution is 2.19. The molecule has 118 valence electrons. The van der Waals surface area contributed by atoms with E-state index in [-0.39, 0.29) is 18.1 Å². The Morgan fingerprint density at radius 3 is 2.64 bits per heavy atom. The number of aryl methyl sites for hydroxylation is 1. The minimum Gasteiger partial charge on any atom is -0.348 e. The van der Waals surface area contributed by atoms with Crippen LogP contribution in [-0.2, 0) is 23.9 Å². The van der Waals surface area contributed by atoms with Gasteiger partial charge in [0, 0.05) is 7.05 Å². The molecule has 2 heterocycles. The van der Waals surface area contributed by atoms with Crippen molar-refractivity contribution in [2.24, 2.45) is 7.05 Å². The fourth-order valence-corrected chi connectivity index (χ4v) is 2.32. The molecule has 0 bridgehead atoms. The van der Waals surface area contributed by atoms with Gasteiger partial charge in [-0.2, -0.15) is 10.2 Å². The SMILES string of the molecule is Cn1ncc(Br)c1CNC(=O)C(C)(C)n1cc([N+](=O)[O-])cn1. The van der Waals surface area contributed by atoms with Crippen LogP contribution < -0.4 is 5.32 Å². The summed E-state index contributed by atoms with van der Waals surface area (Å²) in [6, 6.07) is 0. The first kappa shape index (κ1) is 16.1. The summed E-state index contributed by atoms with van der Waals surface area (Å²) in [5, 5.41) is 21.4. The van der Waals surface area contributed by atoms with Crippen molar-refractivity contribution in [2.45, 2.75) is 25.9 Å². The van der Waals surface area contributed by atoms with Crippen LogP contribution >= 0.6 is 15.9 Å². The van der Waals surface area contributed by atoms with Gasteiger partial charge in [0.2, 0.25) is 5.91 Å². The number of rotatable bonds is 5. The molecule has 0 aliphatic rings. The predicted molar refractivity (Wildman–Crippen MR) is 81.0 cm³/mol. The van der Waals surface area contributed by atoms with Crippen LogP contribution in [0.15, 0.2) is 23.1 Å². The maximum atomic E-state index is 12.4. The van der Waals surface area contributed by atoms with E-state index in [1.54, 1.807) is 31.8 Å². The minimum absolute atomic E-state index is 0.157. The van der Waals surface area contributed by atoms with Crippen LogP contribution in [0.4, 0.5) is 5.69 Å². The van der Waals surface area contributed by atoms with Crippen LogP contribution in [0.1, 0.15) is 19.5 Å². The molecule has 2 rings (SSSR count). The summed E-state index contributed by atoms with van der Waals surface area (Å²) in [6.07, 6.45) is 4.00. The Balaban J connectivity index is 2.11. The quantitative estimate of drug-likeness (QED) is 0.630. The molecular weight excluding hydrogens is 356 g/mol. The number of aromatic nitrogens is 4. The van der Waals surface area contributed by atoms with E-state index in [0.717, 1.165) is 16.4 Å². The normalized spacial score (nSPS) is 11.5. The molecule has 9 nitrogen and oxygen atoms in total. The summed E-state index contributed by atoms with van der Waals surface area (Å²) in [4.78, 5) is 22.5. The third-order valence-corrected chi connectivity index (χ3v) is 4.00. The molecule has 10 heteroatoms. The summed E-state index contributed by atoms with van der Waals surface area (Å²) >= 11 is 3.35. The second-order valence-corrected chi connectivity index (χ2v) is 6.06. The molecular formula is C12H15BrN6O3. The van der Waals surface area contributed by atoms with Crippen molar-refractivity contribution in [3.63, 3.8) is 0 Å². The van der Waals surface area contributed by atoms with Crippen molar-refractivity contribution in [3.8, 4) is 0 Å². The van der Waals surface area contributed by atoms with Gasteiger partial charge in [-0.05, 0) is 29.8 Å². The van der Waals surface area contributed by atoms with E-state index in [2.05, 4.69) is 31.4 Å². The van der Waals surface area contributed by atoms with Gasteiger partial charge in [0.25, 0.3) is 0 Å². The molecule has 0 aromatic carbocycles. The highest BCUT2D eigenvalue weighted by Gasteiger charge is 2.32. The van der Waals surface area contributed by atoms with Gasteiger partial charge in [-0.25, -0.2) is 0 Å². The summed E-state index contributed by atoms with van der Waals surface area (Å²) in [5.74, 6) is -0.307. The Morgan fingerprint density at radius 1 is 1.45 bits per heavy atom. The zero-order valence-electron chi connectivity index (χ0n) is 12.3. The fraction of sp³-hybridized carbons (Fsp3) is 0.417. The highest BCUT2D eigenvalue weighted by atomic mass is 79.9. The van der Waals surface area contributed by atoms with E-state index in [1.165, 1.54) is 10.9 Å². The van der Waals surface area contributed by atoms with Gasteiger partial charge in [-0.3, -0.25) is 24.3 Å². The zero-order valence-corrected chi connectivity index (χ0v) is 13.9. The number of hydrogen-bond donors (Lipinski definition) is 1. The lowest BCUT2D eigenvalue weighted by molar-refractivity contribution is -0.385. The minimum atomic E-state index is -1.06. The molecule has 22 heavy (non-hydrogen) atoms. The lowest BCUT2D eigenvalue weighted by Crippen LogP contribution is -2.44. The first-order valence-electron chi connectivity index (χ1n) is 6.37. The maximum Gasteiger partial charge on any atom is 0.307 e. The van der Waals surface area contributed by atoms with Gasteiger partial charge in [-0.1, -0.05) is 0 Å². The first-order chi connectivity index (χ1) is 10.2. The average Bonchev–Trinajstić information content (AvgIpc) is 3.05. The molecule has 2 aromatic rings. The number of nitrogens with one attached hydrogen (secondary N) is 1. The number of nitro groups is 1. The molecule has 1 amide bonds. The second kappa shape index (κ2) is 5.87. The number of amides is 1. The monoisotopic (exact) mass is 370 g/mol. The number of halogens is 1. The molecule has 0 saturated heterocycles. The van der Waals surface area contributed by atoms with E-state index in [4.69, 9.17) is 0 Å². The van der Waals surface area contributed by atoms with E-state index in [0.29, 0.717) is 0 Å². The summed E-state index contributed by atoms with van der Waals surface area (Å²) in [5.41, 5.74) is -0.398.